The molecule has 1 heterocycles. The van der Waals surface area contributed by atoms with Crippen molar-refractivity contribution in [1.82, 2.24) is 4.90 Å². The van der Waals surface area contributed by atoms with Gasteiger partial charge in [0.05, 0.1) is 13.2 Å². The third-order valence-electron chi connectivity index (χ3n) is 2.25. The molecule has 0 aromatic heterocycles. The Balaban J connectivity index is 2.25. The van der Waals surface area contributed by atoms with E-state index in [1.54, 1.807) is 7.11 Å². The topological polar surface area (TPSA) is 32.7 Å². The Morgan fingerprint density at radius 3 is 3.09 bits per heavy atom. The highest BCUT2D eigenvalue weighted by molar-refractivity contribution is 4.78. The Labute approximate surface area is 68.0 Å². The number of hydrogen-bond acceptors (Lipinski definition) is 3. The van der Waals surface area contributed by atoms with Gasteiger partial charge in [-0.3, -0.25) is 4.90 Å². The fourth-order valence-corrected chi connectivity index (χ4v) is 1.70. The Morgan fingerprint density at radius 1 is 1.64 bits per heavy atom. The minimum Gasteiger partial charge on any atom is -0.395 e. The van der Waals surface area contributed by atoms with Crippen LogP contribution in [0.4, 0.5) is 0 Å². The lowest BCUT2D eigenvalue weighted by Gasteiger charge is -2.22. The molecule has 0 bridgehead atoms. The summed E-state index contributed by atoms with van der Waals surface area (Å²) < 4.78 is 5.08. The number of ether oxygens (including phenoxy) is 1. The Kier molecular flexibility index (Phi) is 3.83. The molecule has 1 saturated heterocycles. The molecule has 11 heavy (non-hydrogen) atoms. The van der Waals surface area contributed by atoms with Gasteiger partial charge in [-0.15, -0.1) is 0 Å². The van der Waals surface area contributed by atoms with Gasteiger partial charge >= 0.3 is 0 Å². The van der Waals surface area contributed by atoms with Gasteiger partial charge in [0.2, 0.25) is 0 Å². The minimum atomic E-state index is 0.264. The van der Waals surface area contributed by atoms with E-state index in [1.807, 2.05) is 0 Å². The molecule has 3 heteroatoms. The van der Waals surface area contributed by atoms with Gasteiger partial charge in [0.25, 0.3) is 0 Å². The molecule has 0 aromatic rings. The lowest BCUT2D eigenvalue weighted by atomic mass is 10.2. The molecule has 0 aromatic carbocycles. The number of methoxy groups -OCH3 is 1. The zero-order valence-corrected chi connectivity index (χ0v) is 7.12. The SMILES string of the molecule is COC[C@@H]1CCCN1CCO. The van der Waals surface area contributed by atoms with Crippen molar-refractivity contribution in [3.63, 3.8) is 0 Å². The summed E-state index contributed by atoms with van der Waals surface area (Å²) in [4.78, 5) is 2.30. The molecule has 0 radical (unpaired) electrons. The first kappa shape index (κ1) is 8.97. The standard InChI is InChI=1S/C8H17NO2/c1-11-7-8-3-2-4-9(8)5-6-10/h8,10H,2-7H2,1H3/t8-/m0/s1. The van der Waals surface area contributed by atoms with Crippen molar-refractivity contribution in [3.05, 3.63) is 0 Å². The van der Waals surface area contributed by atoms with Gasteiger partial charge in [-0.05, 0) is 19.4 Å². The molecule has 0 unspecified atom stereocenters. The maximum atomic E-state index is 8.73. The second-order valence-electron chi connectivity index (χ2n) is 3.01. The molecule has 0 spiro atoms. The van der Waals surface area contributed by atoms with E-state index in [1.165, 1.54) is 12.8 Å². The molecule has 0 saturated carbocycles. The number of rotatable bonds is 4. The van der Waals surface area contributed by atoms with Crippen molar-refractivity contribution in [3.8, 4) is 0 Å². The highest BCUT2D eigenvalue weighted by Gasteiger charge is 2.22. The lowest BCUT2D eigenvalue weighted by molar-refractivity contribution is 0.102. The first-order chi connectivity index (χ1) is 5.38. The van der Waals surface area contributed by atoms with E-state index < -0.39 is 0 Å². The molecular weight excluding hydrogens is 142 g/mol. The van der Waals surface area contributed by atoms with Gasteiger partial charge in [-0.2, -0.15) is 0 Å². The van der Waals surface area contributed by atoms with Crippen LogP contribution in [0.15, 0.2) is 0 Å². The van der Waals surface area contributed by atoms with E-state index in [0.717, 1.165) is 19.7 Å². The van der Waals surface area contributed by atoms with Crippen LogP contribution in [0.5, 0.6) is 0 Å². The summed E-state index contributed by atoms with van der Waals surface area (Å²) in [5.41, 5.74) is 0. The average Bonchev–Trinajstić information content (AvgIpc) is 2.39. The fourth-order valence-electron chi connectivity index (χ4n) is 1.70. The predicted octanol–water partition coefficient (Wildman–Crippen LogP) is 0.0895. The van der Waals surface area contributed by atoms with Crippen LogP contribution in [0.25, 0.3) is 0 Å². The van der Waals surface area contributed by atoms with Gasteiger partial charge in [0, 0.05) is 19.7 Å². The van der Waals surface area contributed by atoms with Crippen LogP contribution in [0.2, 0.25) is 0 Å². The summed E-state index contributed by atoms with van der Waals surface area (Å²) in [6, 6.07) is 0.548. The Bertz CT molecular complexity index is 96.3. The molecule has 66 valence electrons. The molecule has 1 N–H and O–H groups in total. The van der Waals surface area contributed by atoms with Crippen LogP contribution >= 0.6 is 0 Å². The van der Waals surface area contributed by atoms with Crippen molar-refractivity contribution in [2.45, 2.75) is 18.9 Å². The Hall–Kier alpha value is -0.120. The molecule has 3 nitrogen and oxygen atoms in total. The monoisotopic (exact) mass is 159 g/mol. The fraction of sp³-hybridized carbons (Fsp3) is 1.00. The summed E-state index contributed by atoms with van der Waals surface area (Å²) in [6.45, 7) is 2.99. The molecular formula is C8H17NO2. The number of hydrogen-bond donors (Lipinski definition) is 1. The summed E-state index contributed by atoms with van der Waals surface area (Å²) in [5, 5.41) is 8.73. The van der Waals surface area contributed by atoms with E-state index in [4.69, 9.17) is 9.84 Å². The predicted molar refractivity (Wildman–Crippen MR) is 43.6 cm³/mol. The average molecular weight is 159 g/mol. The zero-order chi connectivity index (χ0) is 8.10. The number of aliphatic hydroxyl groups is 1. The van der Waals surface area contributed by atoms with Gasteiger partial charge in [-0.1, -0.05) is 0 Å². The third-order valence-corrected chi connectivity index (χ3v) is 2.25. The van der Waals surface area contributed by atoms with Crippen LogP contribution in [-0.4, -0.2) is 49.5 Å². The largest absolute Gasteiger partial charge is 0.395 e. The van der Waals surface area contributed by atoms with Crippen LogP contribution < -0.4 is 0 Å². The maximum absolute atomic E-state index is 8.73. The van der Waals surface area contributed by atoms with Crippen LogP contribution in [-0.2, 0) is 4.74 Å². The highest BCUT2D eigenvalue weighted by atomic mass is 16.5. The van der Waals surface area contributed by atoms with Crippen LogP contribution in [0.1, 0.15) is 12.8 Å². The van der Waals surface area contributed by atoms with Gasteiger partial charge in [-0.25, -0.2) is 0 Å². The molecule has 1 atom stereocenters. The van der Waals surface area contributed by atoms with E-state index in [9.17, 15) is 0 Å². The quantitative estimate of drug-likeness (QED) is 0.631. The molecule has 1 aliphatic heterocycles. The summed E-state index contributed by atoms with van der Waals surface area (Å²) in [7, 11) is 1.73. The van der Waals surface area contributed by atoms with Crippen molar-refractivity contribution >= 4 is 0 Å². The van der Waals surface area contributed by atoms with Crippen molar-refractivity contribution in [2.24, 2.45) is 0 Å². The van der Waals surface area contributed by atoms with E-state index in [-0.39, 0.29) is 6.61 Å². The minimum absolute atomic E-state index is 0.264. The van der Waals surface area contributed by atoms with E-state index >= 15 is 0 Å². The van der Waals surface area contributed by atoms with Crippen LogP contribution in [0, 0.1) is 0 Å². The van der Waals surface area contributed by atoms with E-state index in [0.29, 0.717) is 6.04 Å². The maximum Gasteiger partial charge on any atom is 0.0618 e. The second kappa shape index (κ2) is 4.70. The highest BCUT2D eigenvalue weighted by Crippen LogP contribution is 2.16. The number of aliphatic hydroxyl groups excluding tert-OH is 1. The van der Waals surface area contributed by atoms with Gasteiger partial charge in [0.1, 0.15) is 0 Å². The molecule has 1 aliphatic rings. The van der Waals surface area contributed by atoms with Gasteiger partial charge in [0.15, 0.2) is 0 Å². The number of likely N-dealkylation sites (tertiary alicyclic amines) is 1. The van der Waals surface area contributed by atoms with E-state index in [2.05, 4.69) is 4.90 Å². The summed E-state index contributed by atoms with van der Waals surface area (Å²) >= 11 is 0. The van der Waals surface area contributed by atoms with Gasteiger partial charge < -0.3 is 9.84 Å². The first-order valence-corrected chi connectivity index (χ1v) is 4.22. The summed E-state index contributed by atoms with van der Waals surface area (Å²) in [6.07, 6.45) is 2.46. The second-order valence-corrected chi connectivity index (χ2v) is 3.01. The van der Waals surface area contributed by atoms with Crippen molar-refractivity contribution < 1.29 is 9.84 Å². The van der Waals surface area contributed by atoms with Crippen molar-refractivity contribution in [1.29, 1.82) is 0 Å². The summed E-state index contributed by atoms with van der Waals surface area (Å²) in [5.74, 6) is 0. The Morgan fingerprint density at radius 2 is 2.45 bits per heavy atom. The molecule has 0 amide bonds. The molecule has 0 aliphatic carbocycles. The normalized spacial score (nSPS) is 26.2. The smallest absolute Gasteiger partial charge is 0.0618 e. The van der Waals surface area contributed by atoms with Crippen LogP contribution in [0.3, 0.4) is 0 Å². The number of β-amino-alcohol motifs (C(OH)–C–C–N with tert-alkyl or cyclic N) is 1. The molecule has 1 rings (SSSR count). The number of nitrogens with zero attached hydrogens (tertiary/aromatic N) is 1. The first-order valence-electron chi connectivity index (χ1n) is 4.22. The third kappa shape index (κ3) is 2.43. The lowest BCUT2D eigenvalue weighted by Crippen LogP contribution is -2.34. The van der Waals surface area contributed by atoms with Crippen molar-refractivity contribution in [2.75, 3.05) is 33.4 Å². The molecule has 1 fully saturated rings. The zero-order valence-electron chi connectivity index (χ0n) is 7.12.